The number of hydrogen-bond donors (Lipinski definition) is 0. The molecule has 0 fully saturated rings. The zero-order valence-corrected chi connectivity index (χ0v) is 20.6. The zero-order valence-electron chi connectivity index (χ0n) is 20.6. The fourth-order valence-electron chi connectivity index (χ4n) is 5.62. The Labute approximate surface area is 212 Å². The van der Waals surface area contributed by atoms with Gasteiger partial charge in [-0.05, 0) is 42.3 Å². The van der Waals surface area contributed by atoms with Crippen molar-refractivity contribution in [3.63, 3.8) is 0 Å². The van der Waals surface area contributed by atoms with E-state index >= 15 is 0 Å². The predicted molar refractivity (Wildman–Crippen MR) is 137 cm³/mol. The lowest BCUT2D eigenvalue weighted by molar-refractivity contribution is -0.125. The monoisotopic (exact) mass is 496 g/mol. The molecule has 6 rings (SSSR count). The SMILES string of the molecule is COc1ccc(CCN2C(=O)c3oc4ccccc4c(=O)c3C23C(=O)N(C)c2ccccc23)cc1OC. The summed E-state index contributed by atoms with van der Waals surface area (Å²) >= 11 is 0. The van der Waals surface area contributed by atoms with E-state index in [9.17, 15) is 14.4 Å². The molecule has 1 unspecified atom stereocenters. The van der Waals surface area contributed by atoms with Gasteiger partial charge < -0.3 is 23.7 Å². The molecular formula is C29H24N2O6. The van der Waals surface area contributed by atoms with Gasteiger partial charge in [-0.15, -0.1) is 0 Å². The first kappa shape index (κ1) is 22.8. The normalized spacial score (nSPS) is 18.0. The summed E-state index contributed by atoms with van der Waals surface area (Å²) in [6.07, 6.45) is 0.411. The Bertz CT molecular complexity index is 1660. The molecule has 1 spiro atoms. The maximum Gasteiger partial charge on any atom is 0.291 e. The molecule has 0 radical (unpaired) electrons. The highest BCUT2D eigenvalue weighted by Crippen LogP contribution is 2.52. The zero-order chi connectivity index (χ0) is 25.9. The van der Waals surface area contributed by atoms with Crippen LogP contribution in [0.1, 0.15) is 27.2 Å². The average Bonchev–Trinajstić information content (AvgIpc) is 3.31. The fraction of sp³-hybridized carbons (Fsp3) is 0.207. The molecule has 0 saturated carbocycles. The van der Waals surface area contributed by atoms with Crippen LogP contribution in [0.3, 0.4) is 0 Å². The summed E-state index contributed by atoms with van der Waals surface area (Å²) in [5, 5.41) is 0.329. The van der Waals surface area contributed by atoms with Crippen LogP contribution >= 0.6 is 0 Å². The quantitative estimate of drug-likeness (QED) is 0.418. The molecule has 2 aliphatic rings. The van der Waals surface area contributed by atoms with Gasteiger partial charge in [-0.2, -0.15) is 0 Å². The van der Waals surface area contributed by atoms with E-state index in [1.807, 2.05) is 30.3 Å². The minimum absolute atomic E-state index is 0.0744. The second-order valence-corrected chi connectivity index (χ2v) is 9.12. The van der Waals surface area contributed by atoms with Crippen LogP contribution in [0.4, 0.5) is 5.69 Å². The maximum absolute atomic E-state index is 14.1. The van der Waals surface area contributed by atoms with Crippen molar-refractivity contribution >= 4 is 28.5 Å². The number of carbonyl (C=O) groups is 2. The largest absolute Gasteiger partial charge is 0.493 e. The molecule has 4 aromatic rings. The number of rotatable bonds is 5. The van der Waals surface area contributed by atoms with Crippen molar-refractivity contribution in [1.82, 2.24) is 4.90 Å². The summed E-state index contributed by atoms with van der Waals surface area (Å²) < 4.78 is 16.8. The summed E-state index contributed by atoms with van der Waals surface area (Å²) in [4.78, 5) is 45.0. The Morgan fingerprint density at radius 1 is 0.892 bits per heavy atom. The van der Waals surface area contributed by atoms with Gasteiger partial charge in [0.1, 0.15) is 5.58 Å². The number of likely N-dealkylation sites (N-methyl/N-ethyl adjacent to an activating group) is 1. The van der Waals surface area contributed by atoms with Gasteiger partial charge in [0, 0.05) is 24.8 Å². The number of amides is 2. The van der Waals surface area contributed by atoms with E-state index in [0.717, 1.165) is 5.56 Å². The van der Waals surface area contributed by atoms with Gasteiger partial charge in [-0.1, -0.05) is 36.4 Å². The molecule has 8 nitrogen and oxygen atoms in total. The number of para-hydroxylation sites is 2. The predicted octanol–water partition coefficient (Wildman–Crippen LogP) is 3.73. The average molecular weight is 497 g/mol. The third-order valence-corrected chi connectivity index (χ3v) is 7.35. The molecule has 0 saturated heterocycles. The van der Waals surface area contributed by atoms with Crippen LogP contribution in [0.15, 0.2) is 75.9 Å². The minimum Gasteiger partial charge on any atom is -0.493 e. The molecule has 0 aliphatic carbocycles. The van der Waals surface area contributed by atoms with Crippen LogP contribution in [0.5, 0.6) is 11.5 Å². The summed E-state index contributed by atoms with van der Waals surface area (Å²) in [5.41, 5.74) is 0.513. The van der Waals surface area contributed by atoms with E-state index in [2.05, 4.69) is 0 Å². The van der Waals surface area contributed by atoms with Gasteiger partial charge in [0.2, 0.25) is 5.76 Å². The van der Waals surface area contributed by atoms with Crippen LogP contribution in [0.25, 0.3) is 11.0 Å². The molecule has 2 amide bonds. The Kier molecular flexibility index (Phi) is 5.08. The van der Waals surface area contributed by atoms with Gasteiger partial charge in [0.05, 0.1) is 25.2 Å². The van der Waals surface area contributed by atoms with E-state index in [1.165, 1.54) is 9.80 Å². The minimum atomic E-state index is -1.61. The Morgan fingerprint density at radius 2 is 1.62 bits per heavy atom. The summed E-state index contributed by atoms with van der Waals surface area (Å²) in [7, 11) is 4.78. The Balaban J connectivity index is 1.55. The van der Waals surface area contributed by atoms with E-state index in [1.54, 1.807) is 57.7 Å². The van der Waals surface area contributed by atoms with Crippen molar-refractivity contribution in [3.05, 3.63) is 99.4 Å². The third-order valence-electron chi connectivity index (χ3n) is 7.35. The van der Waals surface area contributed by atoms with Crippen LogP contribution in [0, 0.1) is 0 Å². The van der Waals surface area contributed by atoms with E-state index in [-0.39, 0.29) is 29.2 Å². The molecular weight excluding hydrogens is 472 g/mol. The van der Waals surface area contributed by atoms with E-state index in [0.29, 0.717) is 40.1 Å². The Morgan fingerprint density at radius 3 is 2.41 bits per heavy atom. The molecule has 3 heterocycles. The number of benzene rings is 3. The van der Waals surface area contributed by atoms with Crippen LogP contribution in [-0.4, -0.2) is 44.5 Å². The first-order valence-electron chi connectivity index (χ1n) is 11.9. The van der Waals surface area contributed by atoms with Crippen LogP contribution < -0.4 is 19.8 Å². The van der Waals surface area contributed by atoms with Crippen molar-refractivity contribution in [2.75, 3.05) is 32.7 Å². The van der Waals surface area contributed by atoms with Crippen molar-refractivity contribution < 1.29 is 23.5 Å². The smallest absolute Gasteiger partial charge is 0.291 e. The first-order valence-corrected chi connectivity index (χ1v) is 11.9. The second kappa shape index (κ2) is 8.23. The number of anilines is 1. The highest BCUT2D eigenvalue weighted by molar-refractivity contribution is 6.16. The standard InChI is InChI=1S/C29H24N2O6/c1-30-20-10-6-5-9-19(20)29(28(30)34)24-25(32)18-8-4-7-11-21(18)37-26(24)27(33)31(29)15-14-17-12-13-22(35-2)23(16-17)36-3/h4-13,16H,14-15H2,1-3H3. The van der Waals surface area contributed by atoms with Gasteiger partial charge in [0.15, 0.2) is 22.5 Å². The van der Waals surface area contributed by atoms with E-state index < -0.39 is 11.4 Å². The second-order valence-electron chi connectivity index (χ2n) is 9.12. The molecule has 3 aromatic carbocycles. The van der Waals surface area contributed by atoms with Crippen LogP contribution in [-0.2, 0) is 16.8 Å². The van der Waals surface area contributed by atoms with Gasteiger partial charge in [-0.3, -0.25) is 14.4 Å². The van der Waals surface area contributed by atoms with Crippen molar-refractivity contribution in [2.45, 2.75) is 12.0 Å². The molecule has 37 heavy (non-hydrogen) atoms. The van der Waals surface area contributed by atoms with Gasteiger partial charge in [-0.25, -0.2) is 0 Å². The van der Waals surface area contributed by atoms with Crippen LogP contribution in [0.2, 0.25) is 0 Å². The number of ether oxygens (including phenoxy) is 2. The number of methoxy groups -OCH3 is 2. The fourth-order valence-corrected chi connectivity index (χ4v) is 5.62. The summed E-state index contributed by atoms with van der Waals surface area (Å²) in [6, 6.07) is 19.6. The van der Waals surface area contributed by atoms with Crippen molar-refractivity contribution in [2.24, 2.45) is 0 Å². The topological polar surface area (TPSA) is 89.3 Å². The highest BCUT2D eigenvalue weighted by atomic mass is 16.5. The van der Waals surface area contributed by atoms with Crippen molar-refractivity contribution in [1.29, 1.82) is 0 Å². The lowest BCUT2D eigenvalue weighted by Crippen LogP contribution is -2.53. The first-order chi connectivity index (χ1) is 17.9. The molecule has 1 atom stereocenters. The maximum atomic E-state index is 14.1. The van der Waals surface area contributed by atoms with E-state index in [4.69, 9.17) is 13.9 Å². The number of hydrogen-bond acceptors (Lipinski definition) is 6. The lowest BCUT2D eigenvalue weighted by Gasteiger charge is -2.34. The molecule has 8 heteroatoms. The Hall–Kier alpha value is -4.59. The highest BCUT2D eigenvalue weighted by Gasteiger charge is 2.64. The number of fused-ring (bicyclic) bond motifs is 5. The van der Waals surface area contributed by atoms with Gasteiger partial charge in [0.25, 0.3) is 11.8 Å². The molecule has 0 bridgehead atoms. The third kappa shape index (κ3) is 2.98. The summed E-state index contributed by atoms with van der Waals surface area (Å²) in [5.74, 6) is 0.216. The van der Waals surface area contributed by atoms with Gasteiger partial charge >= 0.3 is 0 Å². The lowest BCUT2D eigenvalue weighted by atomic mass is 9.84. The summed E-state index contributed by atoms with van der Waals surface area (Å²) in [6.45, 7) is 0.169. The number of nitrogens with zero attached hydrogens (tertiary/aromatic N) is 2. The molecule has 1 aromatic heterocycles. The molecule has 0 N–H and O–H groups in total. The van der Waals surface area contributed by atoms with Crippen molar-refractivity contribution in [3.8, 4) is 11.5 Å². The number of carbonyl (C=O) groups excluding carboxylic acids is 2. The molecule has 2 aliphatic heterocycles. The molecule has 186 valence electrons.